The second-order valence-corrected chi connectivity index (χ2v) is 10.5. The predicted molar refractivity (Wildman–Crippen MR) is 143 cm³/mol. The predicted octanol–water partition coefficient (Wildman–Crippen LogP) is 2.04. The topological polar surface area (TPSA) is 177 Å². The number of benzene rings is 2. The zero-order valence-electron chi connectivity index (χ0n) is 21.5. The van der Waals surface area contributed by atoms with Gasteiger partial charge < -0.3 is 26.2 Å². The fourth-order valence-electron chi connectivity index (χ4n) is 3.85. The number of nitrogens with one attached hydrogen (secondary N) is 1. The Labute approximate surface area is 217 Å². The second kappa shape index (κ2) is 13.8. The van der Waals surface area contributed by atoms with Crippen molar-refractivity contribution in [3.63, 3.8) is 0 Å². The second-order valence-electron chi connectivity index (χ2n) is 8.75. The standard InChI is InChI=1S/C25H37N5O6S/c1-4-5-6-14-30(17(2)24(32)33)23(31)22(8-7-13-28-25(26)27)29-37(34,35)21-12-10-18-9-11-20(36-3)15-19(18)16-21/h9-12,15-17,22,29H,4-8,13-14H2,1-3H3,(H,32,33)(H4,26,27,28)/t17?,22-/m0/s1. The van der Waals surface area contributed by atoms with Gasteiger partial charge in [0.05, 0.1) is 12.0 Å². The summed E-state index contributed by atoms with van der Waals surface area (Å²) in [5.74, 6) is -1.32. The van der Waals surface area contributed by atoms with E-state index in [-0.39, 0.29) is 30.4 Å². The average molecular weight is 536 g/mol. The molecular weight excluding hydrogens is 498 g/mol. The summed E-state index contributed by atoms with van der Waals surface area (Å²) in [5.41, 5.74) is 10.7. The minimum Gasteiger partial charge on any atom is -0.497 e. The van der Waals surface area contributed by atoms with Crippen molar-refractivity contribution in [2.75, 3.05) is 20.2 Å². The zero-order valence-corrected chi connectivity index (χ0v) is 22.3. The van der Waals surface area contributed by atoms with E-state index < -0.39 is 34.0 Å². The number of guanidine groups is 1. The number of unbranched alkanes of at least 4 members (excludes halogenated alkanes) is 2. The average Bonchev–Trinajstić information content (AvgIpc) is 2.86. The smallest absolute Gasteiger partial charge is 0.326 e. The van der Waals surface area contributed by atoms with Gasteiger partial charge in [-0.1, -0.05) is 31.9 Å². The summed E-state index contributed by atoms with van der Waals surface area (Å²) in [7, 11) is -2.62. The van der Waals surface area contributed by atoms with Crippen molar-refractivity contribution < 1.29 is 27.9 Å². The van der Waals surface area contributed by atoms with Crippen LogP contribution in [0.4, 0.5) is 0 Å². The summed E-state index contributed by atoms with van der Waals surface area (Å²) in [6.07, 6.45) is 2.66. The Morgan fingerprint density at radius 3 is 2.43 bits per heavy atom. The van der Waals surface area contributed by atoms with Gasteiger partial charge in [0.2, 0.25) is 15.9 Å². The molecule has 0 bridgehead atoms. The molecule has 2 atom stereocenters. The number of carbonyl (C=O) groups is 2. The van der Waals surface area contributed by atoms with E-state index in [1.54, 1.807) is 18.2 Å². The minimum absolute atomic E-state index is 0.0286. The van der Waals surface area contributed by atoms with Gasteiger partial charge >= 0.3 is 5.97 Å². The fourth-order valence-corrected chi connectivity index (χ4v) is 5.11. The molecule has 0 radical (unpaired) electrons. The maximum absolute atomic E-state index is 13.6. The van der Waals surface area contributed by atoms with E-state index in [1.807, 2.05) is 13.0 Å². The first-order valence-electron chi connectivity index (χ1n) is 12.2. The van der Waals surface area contributed by atoms with Crippen molar-refractivity contribution >= 4 is 38.6 Å². The number of amides is 1. The number of methoxy groups -OCH3 is 1. The minimum atomic E-state index is -4.14. The molecule has 0 aliphatic rings. The molecule has 6 N–H and O–H groups in total. The van der Waals surface area contributed by atoms with Crippen LogP contribution in [0.25, 0.3) is 10.8 Å². The number of rotatable bonds is 15. The Hall–Kier alpha value is -3.38. The first kappa shape index (κ1) is 29.8. The number of hydrogen-bond donors (Lipinski definition) is 4. The lowest BCUT2D eigenvalue weighted by Gasteiger charge is -2.31. The highest BCUT2D eigenvalue weighted by Crippen LogP contribution is 2.24. The van der Waals surface area contributed by atoms with Crippen LogP contribution in [0.5, 0.6) is 5.75 Å². The maximum atomic E-state index is 13.6. The number of carboxylic acids is 1. The SMILES string of the molecule is CCCCCN(C(=O)[C@H](CCCN=C(N)N)NS(=O)(=O)c1ccc2ccc(OC)cc2c1)C(C)C(=O)O. The number of hydrogen-bond acceptors (Lipinski definition) is 6. The van der Waals surface area contributed by atoms with E-state index in [0.717, 1.165) is 18.2 Å². The van der Waals surface area contributed by atoms with Crippen molar-refractivity contribution in [3.8, 4) is 5.75 Å². The van der Waals surface area contributed by atoms with Gasteiger partial charge in [0, 0.05) is 13.1 Å². The molecule has 1 amide bonds. The third-order valence-electron chi connectivity index (χ3n) is 5.98. The number of aliphatic imine (C=N–C) groups is 1. The third kappa shape index (κ3) is 8.60. The Morgan fingerprint density at radius 2 is 1.81 bits per heavy atom. The maximum Gasteiger partial charge on any atom is 0.326 e. The van der Waals surface area contributed by atoms with Crippen LogP contribution in [0.1, 0.15) is 46.0 Å². The summed E-state index contributed by atoms with van der Waals surface area (Å²) < 4.78 is 34.5. The molecule has 0 aromatic heterocycles. The monoisotopic (exact) mass is 535 g/mol. The number of nitrogens with zero attached hydrogens (tertiary/aromatic N) is 2. The van der Waals surface area contributed by atoms with Gasteiger partial charge in [0.1, 0.15) is 17.8 Å². The highest BCUT2D eigenvalue weighted by atomic mass is 32.2. The largest absolute Gasteiger partial charge is 0.497 e. The van der Waals surface area contributed by atoms with E-state index in [0.29, 0.717) is 24.0 Å². The lowest BCUT2D eigenvalue weighted by molar-refractivity contribution is -0.150. The summed E-state index contributed by atoms with van der Waals surface area (Å²) in [4.78, 5) is 30.4. The number of ether oxygens (including phenoxy) is 1. The van der Waals surface area contributed by atoms with Gasteiger partial charge in [0.25, 0.3) is 0 Å². The molecule has 2 rings (SSSR count). The van der Waals surface area contributed by atoms with Crippen LogP contribution in [-0.2, 0) is 19.6 Å². The summed E-state index contributed by atoms with van der Waals surface area (Å²) in [6.45, 7) is 3.79. The first-order valence-corrected chi connectivity index (χ1v) is 13.7. The molecule has 0 fully saturated rings. The van der Waals surface area contributed by atoms with Crippen molar-refractivity contribution in [1.29, 1.82) is 0 Å². The highest BCUT2D eigenvalue weighted by molar-refractivity contribution is 7.89. The van der Waals surface area contributed by atoms with Crippen molar-refractivity contribution in [3.05, 3.63) is 36.4 Å². The van der Waals surface area contributed by atoms with Crippen LogP contribution in [0.3, 0.4) is 0 Å². The Balaban J connectivity index is 2.39. The van der Waals surface area contributed by atoms with Gasteiger partial charge in [-0.15, -0.1) is 0 Å². The lowest BCUT2D eigenvalue weighted by atomic mass is 10.1. The van der Waals surface area contributed by atoms with Gasteiger partial charge in [0.15, 0.2) is 5.96 Å². The molecular formula is C25H37N5O6S. The molecule has 0 saturated carbocycles. The fraction of sp³-hybridized carbons (Fsp3) is 0.480. The normalized spacial score (nSPS) is 13.1. The van der Waals surface area contributed by atoms with E-state index in [2.05, 4.69) is 9.71 Å². The molecule has 2 aromatic carbocycles. The van der Waals surface area contributed by atoms with E-state index in [1.165, 1.54) is 31.1 Å². The molecule has 0 spiro atoms. The summed E-state index contributed by atoms with van der Waals surface area (Å²) >= 11 is 0. The molecule has 12 heteroatoms. The molecule has 0 aliphatic heterocycles. The summed E-state index contributed by atoms with van der Waals surface area (Å²) in [6, 6.07) is 7.60. The quantitative estimate of drug-likeness (QED) is 0.152. The molecule has 204 valence electrons. The number of sulfonamides is 1. The van der Waals surface area contributed by atoms with Gasteiger partial charge in [-0.05, 0) is 61.2 Å². The van der Waals surface area contributed by atoms with Gasteiger partial charge in [-0.2, -0.15) is 4.72 Å². The van der Waals surface area contributed by atoms with E-state index in [4.69, 9.17) is 16.2 Å². The van der Waals surface area contributed by atoms with Crippen molar-refractivity contribution in [1.82, 2.24) is 9.62 Å². The number of carboxylic acid groups (broad SMARTS) is 1. The van der Waals surface area contributed by atoms with Crippen LogP contribution in [0.2, 0.25) is 0 Å². The summed E-state index contributed by atoms with van der Waals surface area (Å²) in [5, 5.41) is 11.1. The van der Waals surface area contributed by atoms with Gasteiger partial charge in [-0.3, -0.25) is 9.79 Å². The van der Waals surface area contributed by atoms with Crippen LogP contribution < -0.4 is 20.9 Å². The van der Waals surface area contributed by atoms with Gasteiger partial charge in [-0.25, -0.2) is 13.2 Å². The van der Waals surface area contributed by atoms with Crippen molar-refractivity contribution in [2.24, 2.45) is 16.5 Å². The lowest BCUT2D eigenvalue weighted by Crippen LogP contribution is -2.53. The molecule has 2 aromatic rings. The molecule has 37 heavy (non-hydrogen) atoms. The molecule has 0 saturated heterocycles. The van der Waals surface area contributed by atoms with Crippen molar-refractivity contribution in [2.45, 2.75) is 62.9 Å². The zero-order chi connectivity index (χ0) is 27.6. The molecule has 1 unspecified atom stereocenters. The number of aliphatic carboxylic acids is 1. The van der Waals surface area contributed by atoms with E-state index >= 15 is 0 Å². The van der Waals surface area contributed by atoms with Crippen LogP contribution in [0.15, 0.2) is 46.3 Å². The molecule has 11 nitrogen and oxygen atoms in total. The van der Waals surface area contributed by atoms with Crippen LogP contribution in [-0.4, -0.2) is 68.5 Å². The first-order chi connectivity index (χ1) is 17.5. The number of fused-ring (bicyclic) bond motifs is 1. The Morgan fingerprint density at radius 1 is 1.11 bits per heavy atom. The third-order valence-corrected chi connectivity index (χ3v) is 7.45. The Kier molecular flexibility index (Phi) is 11.1. The highest BCUT2D eigenvalue weighted by Gasteiger charge is 2.33. The molecule has 0 aliphatic carbocycles. The van der Waals surface area contributed by atoms with Crippen LogP contribution >= 0.6 is 0 Å². The van der Waals surface area contributed by atoms with Crippen LogP contribution in [0, 0.1) is 0 Å². The molecule has 0 heterocycles. The Bertz CT molecular complexity index is 1210. The van der Waals surface area contributed by atoms with E-state index in [9.17, 15) is 23.1 Å². The number of carbonyl (C=O) groups excluding carboxylic acids is 1. The number of nitrogens with two attached hydrogens (primary N) is 2.